The third kappa shape index (κ3) is 2.21. The lowest BCUT2D eigenvalue weighted by Crippen LogP contribution is -2.43. The van der Waals surface area contributed by atoms with Gasteiger partial charge in [0, 0.05) is 6.26 Å². The van der Waals surface area contributed by atoms with Crippen molar-refractivity contribution in [2.24, 2.45) is 5.73 Å². The Kier molecular flexibility index (Phi) is 2.99. The summed E-state index contributed by atoms with van der Waals surface area (Å²) in [5.41, 5.74) is 4.28. The molecule has 2 unspecified atom stereocenters. The highest BCUT2D eigenvalue weighted by Crippen LogP contribution is 2.36. The van der Waals surface area contributed by atoms with E-state index in [0.717, 1.165) is 6.42 Å². The predicted molar refractivity (Wildman–Crippen MR) is 51.1 cm³/mol. The molecule has 0 bridgehead atoms. The quantitative estimate of drug-likeness (QED) is 0.663. The average Bonchev–Trinajstić information content (AvgIpc) is 2.30. The van der Waals surface area contributed by atoms with Crippen molar-refractivity contribution in [1.82, 2.24) is 0 Å². The molecule has 0 aromatic heterocycles. The van der Waals surface area contributed by atoms with Crippen LogP contribution in [0.15, 0.2) is 0 Å². The monoisotopic (exact) mass is 207 g/mol. The second-order valence-electron chi connectivity index (χ2n) is 3.85. The van der Waals surface area contributed by atoms with Gasteiger partial charge in [-0.15, -0.1) is 0 Å². The third-order valence-corrected chi connectivity index (χ3v) is 4.48. The van der Waals surface area contributed by atoms with Gasteiger partial charge in [0.05, 0.1) is 10.9 Å². The van der Waals surface area contributed by atoms with E-state index in [1.54, 1.807) is 0 Å². The molecule has 0 aliphatic heterocycles. The highest BCUT2D eigenvalue weighted by Gasteiger charge is 2.45. The summed E-state index contributed by atoms with van der Waals surface area (Å²) in [4.78, 5) is 0. The summed E-state index contributed by atoms with van der Waals surface area (Å²) in [6.07, 6.45) is 3.46. The van der Waals surface area contributed by atoms with E-state index in [2.05, 4.69) is 0 Å². The Balaban J connectivity index is 2.86. The Morgan fingerprint density at radius 3 is 2.69 bits per heavy atom. The fourth-order valence-electron chi connectivity index (χ4n) is 2.17. The molecule has 78 valence electrons. The molecule has 0 spiro atoms. The van der Waals surface area contributed by atoms with Gasteiger partial charge in [0.2, 0.25) is 0 Å². The molecule has 1 saturated carbocycles. The standard InChI is InChI=1S/C8H17NO3S/c1-13(11,12)7-3-2-4-8(7,10)5-6-9/h7,10H,2-6,9H2,1H3. The van der Waals surface area contributed by atoms with Crippen LogP contribution in [0.5, 0.6) is 0 Å². The first-order valence-electron chi connectivity index (χ1n) is 4.51. The molecule has 0 radical (unpaired) electrons. The Morgan fingerprint density at radius 2 is 2.23 bits per heavy atom. The van der Waals surface area contributed by atoms with E-state index >= 15 is 0 Å². The topological polar surface area (TPSA) is 80.4 Å². The molecular formula is C8H17NO3S. The van der Waals surface area contributed by atoms with Gasteiger partial charge >= 0.3 is 0 Å². The minimum Gasteiger partial charge on any atom is -0.388 e. The molecule has 1 fully saturated rings. The SMILES string of the molecule is CS(=O)(=O)C1CCCC1(O)CCN. The van der Waals surface area contributed by atoms with Crippen LogP contribution < -0.4 is 5.73 Å². The normalized spacial score (nSPS) is 35.2. The summed E-state index contributed by atoms with van der Waals surface area (Å²) >= 11 is 0. The minimum absolute atomic E-state index is 0.336. The number of aliphatic hydroxyl groups is 1. The number of nitrogens with two attached hydrogens (primary N) is 1. The van der Waals surface area contributed by atoms with Gasteiger partial charge in [0.25, 0.3) is 0 Å². The Morgan fingerprint density at radius 1 is 1.62 bits per heavy atom. The lowest BCUT2D eigenvalue weighted by Gasteiger charge is -2.28. The van der Waals surface area contributed by atoms with Crippen LogP contribution in [0.25, 0.3) is 0 Å². The summed E-state index contributed by atoms with van der Waals surface area (Å²) in [6, 6.07) is 0. The Bertz CT molecular complexity index is 275. The zero-order valence-electron chi connectivity index (χ0n) is 7.86. The van der Waals surface area contributed by atoms with Crippen molar-refractivity contribution in [3.8, 4) is 0 Å². The van der Waals surface area contributed by atoms with Gasteiger partial charge in [-0.05, 0) is 32.2 Å². The molecular weight excluding hydrogens is 190 g/mol. The van der Waals surface area contributed by atoms with Gasteiger partial charge in [-0.1, -0.05) is 0 Å². The van der Waals surface area contributed by atoms with E-state index in [-0.39, 0.29) is 0 Å². The molecule has 5 heteroatoms. The maximum absolute atomic E-state index is 11.3. The Labute approximate surface area is 79.0 Å². The first kappa shape index (κ1) is 10.9. The van der Waals surface area contributed by atoms with E-state index in [4.69, 9.17) is 5.73 Å². The number of sulfone groups is 1. The molecule has 0 amide bonds. The van der Waals surface area contributed by atoms with Crippen LogP contribution in [0, 0.1) is 0 Å². The fraction of sp³-hybridized carbons (Fsp3) is 1.00. The van der Waals surface area contributed by atoms with Crippen molar-refractivity contribution in [1.29, 1.82) is 0 Å². The van der Waals surface area contributed by atoms with Crippen LogP contribution in [-0.4, -0.2) is 37.2 Å². The molecule has 0 saturated heterocycles. The van der Waals surface area contributed by atoms with E-state index in [9.17, 15) is 13.5 Å². The van der Waals surface area contributed by atoms with Crippen molar-refractivity contribution < 1.29 is 13.5 Å². The van der Waals surface area contributed by atoms with E-state index in [1.165, 1.54) is 6.26 Å². The van der Waals surface area contributed by atoms with Crippen LogP contribution >= 0.6 is 0 Å². The second-order valence-corrected chi connectivity index (χ2v) is 6.08. The molecule has 0 heterocycles. The summed E-state index contributed by atoms with van der Waals surface area (Å²) in [5, 5.41) is 9.42. The van der Waals surface area contributed by atoms with Crippen LogP contribution in [-0.2, 0) is 9.84 Å². The van der Waals surface area contributed by atoms with Crippen LogP contribution in [0.1, 0.15) is 25.7 Å². The first-order valence-corrected chi connectivity index (χ1v) is 6.47. The molecule has 3 N–H and O–H groups in total. The molecule has 0 aromatic rings. The third-order valence-electron chi connectivity index (χ3n) is 2.77. The smallest absolute Gasteiger partial charge is 0.153 e. The van der Waals surface area contributed by atoms with Crippen LogP contribution in [0.3, 0.4) is 0 Å². The molecule has 1 aliphatic rings. The second kappa shape index (κ2) is 3.55. The largest absolute Gasteiger partial charge is 0.388 e. The zero-order chi connectivity index (χ0) is 10.1. The highest BCUT2D eigenvalue weighted by molar-refractivity contribution is 7.91. The van der Waals surface area contributed by atoms with Gasteiger partial charge in [0.15, 0.2) is 9.84 Å². The number of hydrogen-bond acceptors (Lipinski definition) is 4. The predicted octanol–water partition coefficient (Wildman–Crippen LogP) is -0.337. The van der Waals surface area contributed by atoms with Gasteiger partial charge in [0.1, 0.15) is 0 Å². The maximum Gasteiger partial charge on any atom is 0.153 e. The average molecular weight is 207 g/mol. The van der Waals surface area contributed by atoms with Crippen LogP contribution in [0.2, 0.25) is 0 Å². The molecule has 1 aliphatic carbocycles. The van der Waals surface area contributed by atoms with Crippen molar-refractivity contribution in [2.45, 2.75) is 36.5 Å². The van der Waals surface area contributed by atoms with Gasteiger partial charge in [-0.3, -0.25) is 0 Å². The van der Waals surface area contributed by atoms with Crippen molar-refractivity contribution in [3.05, 3.63) is 0 Å². The minimum atomic E-state index is -3.14. The van der Waals surface area contributed by atoms with Crippen molar-refractivity contribution in [2.75, 3.05) is 12.8 Å². The van der Waals surface area contributed by atoms with E-state index < -0.39 is 20.7 Å². The molecule has 2 atom stereocenters. The molecule has 13 heavy (non-hydrogen) atoms. The van der Waals surface area contributed by atoms with E-state index in [0.29, 0.717) is 25.8 Å². The van der Waals surface area contributed by atoms with Crippen LogP contribution in [0.4, 0.5) is 0 Å². The summed E-state index contributed by atoms with van der Waals surface area (Å²) in [5.74, 6) is 0. The zero-order valence-corrected chi connectivity index (χ0v) is 8.68. The molecule has 4 nitrogen and oxygen atoms in total. The summed E-state index contributed by atoms with van der Waals surface area (Å²) in [7, 11) is -3.14. The van der Waals surface area contributed by atoms with Crippen molar-refractivity contribution in [3.63, 3.8) is 0 Å². The Hall–Kier alpha value is -0.130. The van der Waals surface area contributed by atoms with Gasteiger partial charge in [-0.2, -0.15) is 0 Å². The fourth-order valence-corrected chi connectivity index (χ4v) is 3.80. The summed E-state index contributed by atoms with van der Waals surface area (Å²) < 4.78 is 22.6. The van der Waals surface area contributed by atoms with Crippen molar-refractivity contribution >= 4 is 9.84 Å². The highest BCUT2D eigenvalue weighted by atomic mass is 32.2. The molecule has 1 rings (SSSR count). The summed E-state index contributed by atoms with van der Waals surface area (Å²) in [6.45, 7) is 0.336. The number of hydrogen-bond donors (Lipinski definition) is 2. The number of rotatable bonds is 3. The van der Waals surface area contributed by atoms with E-state index in [1.807, 2.05) is 0 Å². The first-order chi connectivity index (χ1) is 5.90. The van der Waals surface area contributed by atoms with Gasteiger partial charge in [-0.25, -0.2) is 8.42 Å². The molecule has 0 aromatic carbocycles. The lowest BCUT2D eigenvalue weighted by molar-refractivity contribution is 0.0445. The maximum atomic E-state index is 11.3. The van der Waals surface area contributed by atoms with Gasteiger partial charge < -0.3 is 10.8 Å². The lowest BCUT2D eigenvalue weighted by atomic mass is 9.98.